The number of ether oxygens (including phenoxy) is 1. The number of para-hydroxylation sites is 1. The van der Waals surface area contributed by atoms with Crippen LogP contribution in [0.5, 0.6) is 11.5 Å². The third-order valence-corrected chi connectivity index (χ3v) is 6.12. The van der Waals surface area contributed by atoms with Gasteiger partial charge in [0, 0.05) is 13.0 Å². The van der Waals surface area contributed by atoms with Gasteiger partial charge >= 0.3 is 0 Å². The number of amides is 1. The maximum atomic E-state index is 13.2. The number of carbonyl (C=O) groups excluding carboxylic acids is 1. The van der Waals surface area contributed by atoms with Gasteiger partial charge in [0.1, 0.15) is 11.5 Å². The fraction of sp³-hybridized carbons (Fsp3) is 0.267. The molecule has 0 saturated carbocycles. The minimum atomic E-state index is -0.455. The molecule has 1 amide bonds. The van der Waals surface area contributed by atoms with E-state index in [0.29, 0.717) is 36.7 Å². The van der Waals surface area contributed by atoms with Gasteiger partial charge in [-0.3, -0.25) is 14.7 Å². The van der Waals surface area contributed by atoms with Crippen LogP contribution in [0.4, 0.5) is 11.4 Å². The molecule has 3 aromatic carbocycles. The van der Waals surface area contributed by atoms with Gasteiger partial charge in [-0.05, 0) is 60.5 Å². The molecule has 0 saturated heterocycles. The second kappa shape index (κ2) is 13.8. The van der Waals surface area contributed by atoms with Crippen LogP contribution in [-0.4, -0.2) is 33.9 Å². The fourth-order valence-corrected chi connectivity index (χ4v) is 3.95. The van der Waals surface area contributed by atoms with E-state index in [1.54, 1.807) is 48.5 Å². The number of H-pyrrole nitrogens is 1. The van der Waals surface area contributed by atoms with Crippen molar-refractivity contribution in [3.8, 4) is 17.2 Å². The monoisotopic (exact) mass is 527 g/mol. The first-order valence-corrected chi connectivity index (χ1v) is 13.2. The Hall–Kier alpha value is -4.66. The highest BCUT2D eigenvalue weighted by Crippen LogP contribution is 2.21. The standard InChI is InChI=1S/C30H33N5O4/c1-2-3-4-8-20-31-29(37)27-28(30(38)35(34-27)24-9-6-5-7-10-24)33-32-23-13-11-22(12-14-23)19-21-39-26-17-15-25(36)16-18-26/h5-7,9-18,34,36H,2-4,8,19-21H2,1H3,(H,31,37). The molecule has 4 aromatic rings. The first-order chi connectivity index (χ1) is 19.0. The molecule has 0 atom stereocenters. The third kappa shape index (κ3) is 7.67. The Kier molecular flexibility index (Phi) is 9.66. The Balaban J connectivity index is 1.46. The van der Waals surface area contributed by atoms with Gasteiger partial charge in [0.05, 0.1) is 18.0 Å². The number of nitrogens with one attached hydrogen (secondary N) is 2. The summed E-state index contributed by atoms with van der Waals surface area (Å²) in [6.07, 6.45) is 4.80. The minimum absolute atomic E-state index is 0.0451. The Morgan fingerprint density at radius 1 is 0.949 bits per heavy atom. The van der Waals surface area contributed by atoms with Crippen LogP contribution in [-0.2, 0) is 6.42 Å². The number of hydrogen-bond donors (Lipinski definition) is 3. The Morgan fingerprint density at radius 3 is 2.41 bits per heavy atom. The van der Waals surface area contributed by atoms with Crippen molar-refractivity contribution in [1.29, 1.82) is 0 Å². The van der Waals surface area contributed by atoms with Crippen LogP contribution in [0.2, 0.25) is 0 Å². The number of nitrogens with zero attached hydrogens (tertiary/aromatic N) is 3. The van der Waals surface area contributed by atoms with Crippen molar-refractivity contribution in [3.05, 3.63) is 100 Å². The number of azo groups is 1. The summed E-state index contributed by atoms with van der Waals surface area (Å²) in [4.78, 5) is 26.2. The van der Waals surface area contributed by atoms with Crippen LogP contribution < -0.4 is 15.6 Å². The number of phenolic OH excluding ortho intramolecular Hbond substituents is 1. The largest absolute Gasteiger partial charge is 0.508 e. The molecule has 9 heteroatoms. The predicted molar refractivity (Wildman–Crippen MR) is 151 cm³/mol. The van der Waals surface area contributed by atoms with E-state index in [1.165, 1.54) is 4.68 Å². The number of phenols is 1. The smallest absolute Gasteiger partial charge is 0.299 e. The SMILES string of the molecule is CCCCCCNC(=O)c1[nH]n(-c2ccccc2)c(=O)c1N=Nc1ccc(CCOc2ccc(O)cc2)cc1. The highest BCUT2D eigenvalue weighted by Gasteiger charge is 2.21. The molecule has 9 nitrogen and oxygen atoms in total. The van der Waals surface area contributed by atoms with Gasteiger partial charge in [0.15, 0.2) is 11.4 Å². The summed E-state index contributed by atoms with van der Waals surface area (Å²) in [5, 5.41) is 23.6. The molecule has 0 radical (unpaired) electrons. The molecule has 39 heavy (non-hydrogen) atoms. The van der Waals surface area contributed by atoms with E-state index < -0.39 is 11.5 Å². The first-order valence-electron chi connectivity index (χ1n) is 13.2. The highest BCUT2D eigenvalue weighted by molar-refractivity contribution is 5.96. The lowest BCUT2D eigenvalue weighted by Gasteiger charge is -2.06. The molecule has 0 aliphatic carbocycles. The average Bonchev–Trinajstić information content (AvgIpc) is 3.30. The van der Waals surface area contributed by atoms with Crippen molar-refractivity contribution >= 4 is 17.3 Å². The van der Waals surface area contributed by atoms with E-state index in [4.69, 9.17) is 4.74 Å². The van der Waals surface area contributed by atoms with E-state index in [-0.39, 0.29) is 17.1 Å². The summed E-state index contributed by atoms with van der Waals surface area (Å²) in [5.74, 6) is 0.490. The lowest BCUT2D eigenvalue weighted by atomic mass is 10.1. The van der Waals surface area contributed by atoms with Crippen LogP contribution in [0.25, 0.3) is 5.69 Å². The molecule has 0 unspecified atom stereocenters. The zero-order chi connectivity index (χ0) is 27.5. The van der Waals surface area contributed by atoms with Gasteiger partial charge < -0.3 is 15.2 Å². The van der Waals surface area contributed by atoms with E-state index in [9.17, 15) is 14.7 Å². The van der Waals surface area contributed by atoms with Crippen molar-refractivity contribution in [2.24, 2.45) is 10.2 Å². The molecule has 0 bridgehead atoms. The molecule has 202 valence electrons. The van der Waals surface area contributed by atoms with Gasteiger partial charge in [-0.2, -0.15) is 5.11 Å². The van der Waals surface area contributed by atoms with Crippen molar-refractivity contribution < 1.29 is 14.6 Å². The minimum Gasteiger partial charge on any atom is -0.508 e. The van der Waals surface area contributed by atoms with Gasteiger partial charge in [-0.25, -0.2) is 4.68 Å². The molecule has 1 aromatic heterocycles. The number of hydrogen-bond acceptors (Lipinski definition) is 6. The quantitative estimate of drug-likeness (QED) is 0.141. The van der Waals surface area contributed by atoms with Crippen molar-refractivity contribution in [2.45, 2.75) is 39.0 Å². The summed E-state index contributed by atoms with van der Waals surface area (Å²) in [6, 6.07) is 23.0. The van der Waals surface area contributed by atoms with Gasteiger partial charge in [0.25, 0.3) is 11.5 Å². The molecule has 0 aliphatic heterocycles. The number of rotatable bonds is 13. The van der Waals surface area contributed by atoms with Gasteiger partial charge in [-0.1, -0.05) is 56.5 Å². The van der Waals surface area contributed by atoms with Crippen LogP contribution in [0.15, 0.2) is 93.9 Å². The Bertz CT molecular complexity index is 1430. The number of aromatic hydroxyl groups is 1. The van der Waals surface area contributed by atoms with Crippen LogP contribution in [0, 0.1) is 0 Å². The zero-order valence-electron chi connectivity index (χ0n) is 22.0. The molecular formula is C30H33N5O4. The molecule has 4 rings (SSSR count). The Labute approximate surface area is 227 Å². The van der Waals surface area contributed by atoms with Crippen molar-refractivity contribution in [3.63, 3.8) is 0 Å². The molecule has 1 heterocycles. The van der Waals surface area contributed by atoms with E-state index in [0.717, 1.165) is 31.2 Å². The van der Waals surface area contributed by atoms with Crippen LogP contribution in [0.1, 0.15) is 48.7 Å². The molecule has 0 fully saturated rings. The van der Waals surface area contributed by atoms with E-state index >= 15 is 0 Å². The first kappa shape index (κ1) is 27.4. The van der Waals surface area contributed by atoms with E-state index in [1.807, 2.05) is 30.3 Å². The normalized spacial score (nSPS) is 11.1. The van der Waals surface area contributed by atoms with Crippen molar-refractivity contribution in [1.82, 2.24) is 15.1 Å². The van der Waals surface area contributed by atoms with Crippen molar-refractivity contribution in [2.75, 3.05) is 13.2 Å². The van der Waals surface area contributed by atoms with Crippen LogP contribution >= 0.6 is 0 Å². The number of benzene rings is 3. The zero-order valence-corrected chi connectivity index (χ0v) is 22.0. The highest BCUT2D eigenvalue weighted by atomic mass is 16.5. The topological polar surface area (TPSA) is 121 Å². The molecule has 0 aliphatic rings. The van der Waals surface area contributed by atoms with E-state index in [2.05, 4.69) is 27.6 Å². The fourth-order valence-electron chi connectivity index (χ4n) is 3.95. The molecule has 0 spiro atoms. The second-order valence-electron chi connectivity index (χ2n) is 9.09. The summed E-state index contributed by atoms with van der Waals surface area (Å²) in [7, 11) is 0. The summed E-state index contributed by atoms with van der Waals surface area (Å²) in [5.41, 5.74) is 1.77. The second-order valence-corrected chi connectivity index (χ2v) is 9.09. The number of unbranched alkanes of at least 4 members (excludes halogenated alkanes) is 3. The Morgan fingerprint density at radius 2 is 1.69 bits per heavy atom. The van der Waals surface area contributed by atoms with Crippen LogP contribution in [0.3, 0.4) is 0 Å². The summed E-state index contributed by atoms with van der Waals surface area (Å²) < 4.78 is 7.01. The van der Waals surface area contributed by atoms with Gasteiger partial charge in [0.2, 0.25) is 0 Å². The maximum absolute atomic E-state index is 13.2. The molecule has 3 N–H and O–H groups in total. The maximum Gasteiger partial charge on any atom is 0.299 e. The lowest BCUT2D eigenvalue weighted by Crippen LogP contribution is -2.25. The predicted octanol–water partition coefficient (Wildman–Crippen LogP) is 6.22. The van der Waals surface area contributed by atoms with Gasteiger partial charge in [-0.15, -0.1) is 5.11 Å². The lowest BCUT2D eigenvalue weighted by molar-refractivity contribution is 0.0948. The third-order valence-electron chi connectivity index (χ3n) is 6.12. The molecular weight excluding hydrogens is 494 g/mol. The number of aromatic amines is 1. The number of carbonyl (C=O) groups is 1. The average molecular weight is 528 g/mol. The number of aromatic nitrogens is 2. The summed E-state index contributed by atoms with van der Waals surface area (Å²) in [6.45, 7) is 3.13. The summed E-state index contributed by atoms with van der Waals surface area (Å²) >= 11 is 0.